The van der Waals surface area contributed by atoms with E-state index in [0.29, 0.717) is 24.8 Å². The number of hydrogen-bond donors (Lipinski definition) is 0. The lowest BCUT2D eigenvalue weighted by molar-refractivity contribution is -0.135. The van der Waals surface area contributed by atoms with Crippen LogP contribution < -0.4 is 0 Å². The van der Waals surface area contributed by atoms with E-state index in [9.17, 15) is 4.79 Å². The second-order valence-electron chi connectivity index (χ2n) is 7.38. The van der Waals surface area contributed by atoms with Crippen LogP contribution in [-0.4, -0.2) is 27.5 Å². The lowest BCUT2D eigenvalue weighted by Crippen LogP contribution is -2.41. The minimum atomic E-state index is -0.449. The van der Waals surface area contributed by atoms with Crippen LogP contribution in [0.3, 0.4) is 0 Å². The first-order chi connectivity index (χ1) is 11.3. The highest BCUT2D eigenvalue weighted by Gasteiger charge is 2.67. The van der Waals surface area contributed by atoms with Gasteiger partial charge in [0.1, 0.15) is 0 Å². The number of benzene rings is 1. The summed E-state index contributed by atoms with van der Waals surface area (Å²) < 4.78 is 5.03. The molecule has 2 aromatic rings. The highest BCUT2D eigenvalue weighted by atomic mass is 16.5. The molecule has 0 N–H and O–H groups in total. The molecule has 3 rings (SSSR count). The summed E-state index contributed by atoms with van der Waals surface area (Å²) in [4.78, 5) is 19.5. The van der Waals surface area contributed by atoms with Crippen molar-refractivity contribution >= 4 is 5.91 Å². The van der Waals surface area contributed by atoms with E-state index in [2.05, 4.69) is 55.2 Å². The van der Waals surface area contributed by atoms with Gasteiger partial charge in [0.2, 0.25) is 11.8 Å². The van der Waals surface area contributed by atoms with Crippen LogP contribution in [-0.2, 0) is 16.8 Å². The van der Waals surface area contributed by atoms with Gasteiger partial charge in [-0.1, -0.05) is 48.8 Å². The molecule has 5 heteroatoms. The molecule has 0 radical (unpaired) electrons. The summed E-state index contributed by atoms with van der Waals surface area (Å²) in [6.07, 6.45) is 0.865. The van der Waals surface area contributed by atoms with Crippen molar-refractivity contribution in [2.45, 2.75) is 53.0 Å². The maximum atomic E-state index is 13.4. The molecule has 1 aromatic heterocycles. The molecule has 1 unspecified atom stereocenters. The summed E-state index contributed by atoms with van der Waals surface area (Å²) in [6, 6.07) is 8.35. The van der Waals surface area contributed by atoms with Crippen LogP contribution in [0.5, 0.6) is 0 Å². The summed E-state index contributed by atoms with van der Waals surface area (Å²) in [5.74, 6) is 1.23. The van der Waals surface area contributed by atoms with Gasteiger partial charge in [-0.05, 0) is 31.2 Å². The SMILES string of the molecule is CCN(Cc1noc(C)n1)C(=O)C1(c2ccc(C)cc2)CC1(C)C. The molecule has 1 saturated carbocycles. The zero-order valence-electron chi connectivity index (χ0n) is 15.1. The van der Waals surface area contributed by atoms with Gasteiger partial charge in [-0.2, -0.15) is 4.98 Å². The van der Waals surface area contributed by atoms with E-state index >= 15 is 0 Å². The van der Waals surface area contributed by atoms with Crippen molar-refractivity contribution in [3.63, 3.8) is 0 Å². The highest BCUT2D eigenvalue weighted by Crippen LogP contribution is 2.65. The molecule has 0 spiro atoms. The number of aromatic nitrogens is 2. The second kappa shape index (κ2) is 5.72. The standard InChI is InChI=1S/C19H25N3O2/c1-6-22(11-16-20-14(3)24-21-16)17(23)19(12-18(19,4)5)15-9-7-13(2)8-10-15/h7-10H,6,11-12H2,1-5H3. The molecule has 1 fully saturated rings. The van der Waals surface area contributed by atoms with Gasteiger partial charge in [-0.3, -0.25) is 4.79 Å². The smallest absolute Gasteiger partial charge is 0.234 e. The highest BCUT2D eigenvalue weighted by molar-refractivity contribution is 5.93. The molecule has 1 aliphatic rings. The number of hydrogen-bond acceptors (Lipinski definition) is 4. The van der Waals surface area contributed by atoms with Gasteiger partial charge in [0.25, 0.3) is 0 Å². The predicted octanol–water partition coefficient (Wildman–Crippen LogP) is 3.40. The summed E-state index contributed by atoms with van der Waals surface area (Å²) in [5, 5.41) is 3.93. The van der Waals surface area contributed by atoms with Crippen molar-refractivity contribution < 1.29 is 9.32 Å². The van der Waals surface area contributed by atoms with E-state index in [1.165, 1.54) is 5.56 Å². The molecule has 0 aliphatic heterocycles. The summed E-state index contributed by atoms with van der Waals surface area (Å²) in [7, 11) is 0. The fourth-order valence-corrected chi connectivity index (χ4v) is 3.61. The van der Waals surface area contributed by atoms with Crippen molar-refractivity contribution in [1.29, 1.82) is 0 Å². The van der Waals surface area contributed by atoms with E-state index in [4.69, 9.17) is 4.52 Å². The van der Waals surface area contributed by atoms with Crippen molar-refractivity contribution in [2.24, 2.45) is 5.41 Å². The van der Waals surface area contributed by atoms with Crippen molar-refractivity contribution in [3.05, 3.63) is 47.1 Å². The molecule has 1 heterocycles. The Morgan fingerprint density at radius 3 is 2.33 bits per heavy atom. The van der Waals surface area contributed by atoms with Gasteiger partial charge in [-0.15, -0.1) is 0 Å². The van der Waals surface area contributed by atoms with Crippen molar-refractivity contribution in [1.82, 2.24) is 15.0 Å². The first kappa shape index (κ1) is 16.7. The Bertz CT molecular complexity index is 748. The molecule has 1 atom stereocenters. The normalized spacial score (nSPS) is 21.5. The molecule has 1 amide bonds. The molecule has 0 saturated heterocycles. The van der Waals surface area contributed by atoms with Crippen LogP contribution in [0.25, 0.3) is 0 Å². The Kier molecular flexibility index (Phi) is 3.98. The van der Waals surface area contributed by atoms with Gasteiger partial charge in [0, 0.05) is 13.5 Å². The Balaban J connectivity index is 1.90. The number of carbonyl (C=O) groups is 1. The van der Waals surface area contributed by atoms with Crippen LogP contribution in [0.2, 0.25) is 0 Å². The summed E-state index contributed by atoms with van der Waals surface area (Å²) >= 11 is 0. The molecular formula is C19H25N3O2. The van der Waals surface area contributed by atoms with Gasteiger partial charge in [0.15, 0.2) is 5.82 Å². The topological polar surface area (TPSA) is 59.2 Å². The van der Waals surface area contributed by atoms with Crippen LogP contribution >= 0.6 is 0 Å². The minimum absolute atomic E-state index is 0.0417. The van der Waals surface area contributed by atoms with E-state index in [-0.39, 0.29) is 11.3 Å². The van der Waals surface area contributed by atoms with Crippen LogP contribution in [0.1, 0.15) is 50.0 Å². The van der Waals surface area contributed by atoms with Gasteiger partial charge in [-0.25, -0.2) is 0 Å². The maximum absolute atomic E-state index is 13.4. The first-order valence-electron chi connectivity index (χ1n) is 8.46. The molecule has 128 valence electrons. The van der Waals surface area contributed by atoms with Crippen LogP contribution in [0.15, 0.2) is 28.8 Å². The van der Waals surface area contributed by atoms with Crippen LogP contribution in [0.4, 0.5) is 0 Å². The third kappa shape index (κ3) is 2.62. The van der Waals surface area contributed by atoms with Gasteiger partial charge in [0.05, 0.1) is 12.0 Å². The van der Waals surface area contributed by atoms with Gasteiger partial charge < -0.3 is 9.42 Å². The molecular weight excluding hydrogens is 302 g/mol. The number of nitrogens with zero attached hydrogens (tertiary/aromatic N) is 3. The maximum Gasteiger partial charge on any atom is 0.234 e. The lowest BCUT2D eigenvalue weighted by Gasteiger charge is -2.28. The fraction of sp³-hybridized carbons (Fsp3) is 0.526. The summed E-state index contributed by atoms with van der Waals surface area (Å²) in [6.45, 7) is 11.1. The van der Waals surface area contributed by atoms with Gasteiger partial charge >= 0.3 is 0 Å². The van der Waals surface area contributed by atoms with Crippen molar-refractivity contribution in [3.8, 4) is 0 Å². The number of aryl methyl sites for hydroxylation is 2. The molecule has 24 heavy (non-hydrogen) atoms. The third-order valence-electron chi connectivity index (χ3n) is 5.22. The number of amides is 1. The molecule has 1 aliphatic carbocycles. The molecule has 5 nitrogen and oxygen atoms in total. The van der Waals surface area contributed by atoms with Crippen LogP contribution in [0, 0.1) is 19.3 Å². The number of likely N-dealkylation sites (N-methyl/N-ethyl adjacent to an activating group) is 1. The molecule has 0 bridgehead atoms. The average Bonchev–Trinajstić information content (AvgIpc) is 2.90. The lowest BCUT2D eigenvalue weighted by atomic mass is 9.86. The Morgan fingerprint density at radius 2 is 1.88 bits per heavy atom. The average molecular weight is 327 g/mol. The Labute approximate surface area is 143 Å². The Hall–Kier alpha value is -2.17. The third-order valence-corrected chi connectivity index (χ3v) is 5.22. The van der Waals surface area contributed by atoms with E-state index in [1.54, 1.807) is 6.92 Å². The summed E-state index contributed by atoms with van der Waals surface area (Å²) in [5.41, 5.74) is 1.82. The second-order valence-corrected chi connectivity index (χ2v) is 7.38. The zero-order chi connectivity index (χ0) is 17.5. The van der Waals surface area contributed by atoms with Crippen molar-refractivity contribution in [2.75, 3.05) is 6.54 Å². The Morgan fingerprint density at radius 1 is 1.25 bits per heavy atom. The fourth-order valence-electron chi connectivity index (χ4n) is 3.61. The van der Waals surface area contributed by atoms with E-state index in [0.717, 1.165) is 12.0 Å². The monoisotopic (exact) mass is 327 g/mol. The zero-order valence-corrected chi connectivity index (χ0v) is 15.1. The minimum Gasteiger partial charge on any atom is -0.340 e. The van der Waals surface area contributed by atoms with E-state index in [1.807, 2.05) is 11.8 Å². The number of rotatable bonds is 5. The first-order valence-corrected chi connectivity index (χ1v) is 8.46. The quantitative estimate of drug-likeness (QED) is 0.844. The number of carbonyl (C=O) groups excluding carboxylic acids is 1. The largest absolute Gasteiger partial charge is 0.340 e. The molecule has 1 aromatic carbocycles. The van der Waals surface area contributed by atoms with E-state index < -0.39 is 5.41 Å². The predicted molar refractivity (Wildman–Crippen MR) is 91.4 cm³/mol.